The second kappa shape index (κ2) is 9.65. The van der Waals surface area contributed by atoms with Crippen molar-refractivity contribution < 1.29 is 9.32 Å². The van der Waals surface area contributed by atoms with E-state index in [4.69, 9.17) is 10.3 Å². The van der Waals surface area contributed by atoms with Crippen molar-refractivity contribution in [3.8, 4) is 10.7 Å². The molecule has 1 amide bonds. The summed E-state index contributed by atoms with van der Waals surface area (Å²) in [5, 5.41) is 5.88. The maximum Gasteiger partial charge on any atom is 0.330 e. The summed E-state index contributed by atoms with van der Waals surface area (Å²) in [5.74, 6) is 0.557. The van der Waals surface area contributed by atoms with Crippen molar-refractivity contribution in [1.29, 1.82) is 0 Å². The normalized spacial score (nSPS) is 10.9. The van der Waals surface area contributed by atoms with Crippen LogP contribution >= 0.6 is 11.3 Å². The van der Waals surface area contributed by atoms with E-state index >= 15 is 0 Å². The first-order chi connectivity index (χ1) is 15.9. The van der Waals surface area contributed by atoms with E-state index in [2.05, 4.69) is 15.1 Å². The van der Waals surface area contributed by atoms with Crippen LogP contribution in [0.5, 0.6) is 0 Å². The summed E-state index contributed by atoms with van der Waals surface area (Å²) < 4.78 is 6.48. The topological polar surface area (TPSA) is 140 Å². The van der Waals surface area contributed by atoms with Crippen molar-refractivity contribution in [3.63, 3.8) is 0 Å². The average Bonchev–Trinajstić information content (AvgIpc) is 3.49. The molecule has 10 nitrogen and oxygen atoms in total. The quantitative estimate of drug-likeness (QED) is 0.406. The van der Waals surface area contributed by atoms with Crippen LogP contribution in [-0.4, -0.2) is 32.6 Å². The number of nitrogen functional groups attached to an aromatic ring is 1. The summed E-state index contributed by atoms with van der Waals surface area (Å²) >= 11 is 1.51. The van der Waals surface area contributed by atoms with Crippen molar-refractivity contribution in [1.82, 2.24) is 19.7 Å². The van der Waals surface area contributed by atoms with Crippen molar-refractivity contribution in [2.45, 2.75) is 25.8 Å². The molecule has 170 valence electrons. The number of anilines is 2. The van der Waals surface area contributed by atoms with E-state index in [1.165, 1.54) is 27.9 Å². The SMILES string of the molecule is CN(C(=O)CCCc1nc(-c2cccs2)no1)c1c(N)n(Cc2ccccc2)c(=O)[nH]c1=O. The molecule has 0 atom stereocenters. The Kier molecular flexibility index (Phi) is 6.50. The Hall–Kier alpha value is -3.99. The van der Waals surface area contributed by atoms with E-state index in [-0.39, 0.29) is 30.4 Å². The molecule has 0 radical (unpaired) electrons. The lowest BCUT2D eigenvalue weighted by Gasteiger charge is -2.20. The fourth-order valence-corrected chi connectivity index (χ4v) is 4.02. The first kappa shape index (κ1) is 22.2. The van der Waals surface area contributed by atoms with Gasteiger partial charge in [-0.25, -0.2) is 4.79 Å². The molecule has 0 unspecified atom stereocenters. The summed E-state index contributed by atoms with van der Waals surface area (Å²) in [4.78, 5) is 46.2. The molecular weight excluding hydrogens is 444 g/mol. The highest BCUT2D eigenvalue weighted by molar-refractivity contribution is 7.13. The molecule has 3 heterocycles. The fourth-order valence-electron chi connectivity index (χ4n) is 3.37. The molecule has 0 aliphatic rings. The Labute approximate surface area is 192 Å². The summed E-state index contributed by atoms with van der Waals surface area (Å²) in [6.07, 6.45) is 0.984. The third-order valence-electron chi connectivity index (χ3n) is 5.10. The zero-order chi connectivity index (χ0) is 23.4. The van der Waals surface area contributed by atoms with Crippen LogP contribution in [0, 0.1) is 0 Å². The number of aromatic amines is 1. The predicted molar refractivity (Wildman–Crippen MR) is 125 cm³/mol. The number of aromatic nitrogens is 4. The number of carbonyl (C=O) groups excluding carboxylic acids is 1. The number of carbonyl (C=O) groups is 1. The van der Waals surface area contributed by atoms with Gasteiger partial charge in [0.25, 0.3) is 5.56 Å². The molecule has 4 aromatic rings. The van der Waals surface area contributed by atoms with E-state index in [1.807, 2.05) is 47.8 Å². The van der Waals surface area contributed by atoms with Gasteiger partial charge in [0.15, 0.2) is 5.69 Å². The molecule has 0 aliphatic heterocycles. The molecule has 0 saturated heterocycles. The Bertz CT molecular complexity index is 1360. The number of thiophene rings is 1. The molecule has 3 aromatic heterocycles. The van der Waals surface area contributed by atoms with Crippen molar-refractivity contribution in [3.05, 3.63) is 80.1 Å². The first-order valence-electron chi connectivity index (χ1n) is 10.2. The molecule has 0 fully saturated rings. The smallest absolute Gasteiger partial charge is 0.330 e. The van der Waals surface area contributed by atoms with Crippen LogP contribution < -0.4 is 21.9 Å². The maximum absolute atomic E-state index is 12.7. The molecular formula is C22H22N6O4S. The van der Waals surface area contributed by atoms with Crippen LogP contribution in [0.2, 0.25) is 0 Å². The van der Waals surface area contributed by atoms with Gasteiger partial charge < -0.3 is 15.2 Å². The monoisotopic (exact) mass is 466 g/mol. The molecule has 0 saturated carbocycles. The van der Waals surface area contributed by atoms with Crippen molar-refractivity contribution in [2.75, 3.05) is 17.7 Å². The molecule has 1 aromatic carbocycles. The average molecular weight is 467 g/mol. The van der Waals surface area contributed by atoms with Gasteiger partial charge in [0.2, 0.25) is 17.6 Å². The van der Waals surface area contributed by atoms with Crippen molar-refractivity contribution in [2.24, 2.45) is 0 Å². The zero-order valence-electron chi connectivity index (χ0n) is 17.9. The predicted octanol–water partition coefficient (Wildman–Crippen LogP) is 2.26. The number of nitrogens with two attached hydrogens (primary N) is 1. The number of rotatable bonds is 8. The number of benzene rings is 1. The Morgan fingerprint density at radius 3 is 2.73 bits per heavy atom. The number of aryl methyl sites for hydroxylation is 1. The lowest BCUT2D eigenvalue weighted by Crippen LogP contribution is -2.39. The number of nitrogens with zero attached hydrogens (tertiary/aromatic N) is 4. The minimum atomic E-state index is -0.713. The van der Waals surface area contributed by atoms with Gasteiger partial charge in [-0.05, 0) is 23.4 Å². The van der Waals surface area contributed by atoms with Gasteiger partial charge in [0, 0.05) is 19.9 Å². The highest BCUT2D eigenvalue weighted by Gasteiger charge is 2.21. The minimum absolute atomic E-state index is 0.0618. The zero-order valence-corrected chi connectivity index (χ0v) is 18.7. The third-order valence-corrected chi connectivity index (χ3v) is 5.96. The molecule has 11 heteroatoms. The van der Waals surface area contributed by atoms with Crippen LogP contribution in [0.25, 0.3) is 10.7 Å². The van der Waals surface area contributed by atoms with Gasteiger partial charge in [-0.2, -0.15) is 4.98 Å². The van der Waals surface area contributed by atoms with Crippen LogP contribution in [0.1, 0.15) is 24.3 Å². The van der Waals surface area contributed by atoms with E-state index in [9.17, 15) is 14.4 Å². The lowest BCUT2D eigenvalue weighted by atomic mass is 10.2. The van der Waals surface area contributed by atoms with Gasteiger partial charge in [-0.1, -0.05) is 41.6 Å². The summed E-state index contributed by atoms with van der Waals surface area (Å²) in [5.41, 5.74) is 5.58. The van der Waals surface area contributed by atoms with Gasteiger partial charge in [0.05, 0.1) is 11.4 Å². The Morgan fingerprint density at radius 1 is 1.21 bits per heavy atom. The Morgan fingerprint density at radius 2 is 2.00 bits per heavy atom. The molecule has 3 N–H and O–H groups in total. The number of hydrogen-bond donors (Lipinski definition) is 2. The standard InChI is InChI=1S/C22H22N6O4S/c1-27(17(29)11-5-10-16-24-20(26-32-16)15-9-6-12-33-15)18-19(23)28(22(31)25-21(18)30)13-14-7-3-2-4-8-14/h2-4,6-9,12H,5,10-11,13,23H2,1H3,(H,25,30,31). The minimum Gasteiger partial charge on any atom is -0.383 e. The number of amides is 1. The molecule has 0 aliphatic carbocycles. The van der Waals surface area contributed by atoms with E-state index in [0.29, 0.717) is 24.6 Å². The van der Waals surface area contributed by atoms with E-state index in [1.54, 1.807) is 0 Å². The highest BCUT2D eigenvalue weighted by atomic mass is 32.1. The Balaban J connectivity index is 1.44. The largest absolute Gasteiger partial charge is 0.383 e. The summed E-state index contributed by atoms with van der Waals surface area (Å²) in [7, 11) is 1.46. The van der Waals surface area contributed by atoms with E-state index < -0.39 is 11.2 Å². The summed E-state index contributed by atoms with van der Waals surface area (Å²) in [6.45, 7) is 0.168. The van der Waals surface area contributed by atoms with Crippen molar-refractivity contribution >= 4 is 28.7 Å². The van der Waals surface area contributed by atoms with Crippen LogP contribution in [0.15, 0.2) is 62.0 Å². The number of nitrogens with one attached hydrogen (secondary N) is 1. The number of H-pyrrole nitrogens is 1. The lowest BCUT2D eigenvalue weighted by molar-refractivity contribution is -0.118. The first-order valence-corrected chi connectivity index (χ1v) is 11.1. The van der Waals surface area contributed by atoms with Gasteiger partial charge in [0.1, 0.15) is 5.82 Å². The van der Waals surface area contributed by atoms with E-state index in [0.717, 1.165) is 10.4 Å². The highest BCUT2D eigenvalue weighted by Crippen LogP contribution is 2.22. The molecule has 33 heavy (non-hydrogen) atoms. The third kappa shape index (κ3) is 4.93. The fraction of sp³-hybridized carbons (Fsp3) is 0.227. The molecule has 0 bridgehead atoms. The molecule has 4 rings (SSSR count). The van der Waals surface area contributed by atoms with Gasteiger partial charge >= 0.3 is 5.69 Å². The van der Waals surface area contributed by atoms with Crippen LogP contribution in [-0.2, 0) is 17.8 Å². The van der Waals surface area contributed by atoms with Crippen LogP contribution in [0.4, 0.5) is 11.5 Å². The molecule has 0 spiro atoms. The van der Waals surface area contributed by atoms with Gasteiger partial charge in [-0.3, -0.25) is 19.1 Å². The number of hydrogen-bond acceptors (Lipinski definition) is 8. The van der Waals surface area contributed by atoms with Crippen LogP contribution in [0.3, 0.4) is 0 Å². The second-order valence-corrected chi connectivity index (χ2v) is 8.31. The second-order valence-electron chi connectivity index (χ2n) is 7.36. The van der Waals surface area contributed by atoms with Gasteiger partial charge in [-0.15, -0.1) is 11.3 Å². The maximum atomic E-state index is 12.7. The summed E-state index contributed by atoms with van der Waals surface area (Å²) in [6, 6.07) is 13.0.